The van der Waals surface area contributed by atoms with Gasteiger partial charge in [0, 0.05) is 6.42 Å². The van der Waals surface area contributed by atoms with E-state index in [1.165, 1.54) is 0 Å². The second-order valence-corrected chi connectivity index (χ2v) is 3.64. The molecule has 0 fully saturated rings. The first-order chi connectivity index (χ1) is 6.11. The lowest BCUT2D eigenvalue weighted by molar-refractivity contribution is 0.0992. The monoisotopic (exact) mass is 176 g/mol. The largest absolute Gasteiger partial charge is 0.507 e. The lowest BCUT2D eigenvalue weighted by atomic mass is 10.00. The van der Waals surface area contributed by atoms with Gasteiger partial charge in [0.15, 0.2) is 5.78 Å². The summed E-state index contributed by atoms with van der Waals surface area (Å²) in [4.78, 5) is 11.4. The van der Waals surface area contributed by atoms with Gasteiger partial charge in [-0.1, -0.05) is 6.07 Å². The van der Waals surface area contributed by atoms with Crippen LogP contribution in [0, 0.1) is 13.8 Å². The first-order valence-electron chi connectivity index (χ1n) is 4.46. The molecule has 0 saturated heterocycles. The highest BCUT2D eigenvalue weighted by Gasteiger charge is 2.25. The molecule has 0 atom stereocenters. The Balaban J connectivity index is 2.77. The standard InChI is InChI=1S/C11H12O2/c1-6-5-7(2)11(13)10-8(6)3-4-9(10)12/h5,13H,3-4H2,1-2H3. The van der Waals surface area contributed by atoms with Crippen LogP contribution in [0.2, 0.25) is 0 Å². The van der Waals surface area contributed by atoms with Crippen LogP contribution in [0.15, 0.2) is 6.07 Å². The van der Waals surface area contributed by atoms with E-state index in [2.05, 4.69) is 0 Å². The van der Waals surface area contributed by atoms with E-state index < -0.39 is 0 Å². The van der Waals surface area contributed by atoms with E-state index in [1.54, 1.807) is 0 Å². The summed E-state index contributed by atoms with van der Waals surface area (Å²) < 4.78 is 0. The van der Waals surface area contributed by atoms with Crippen molar-refractivity contribution in [1.82, 2.24) is 0 Å². The van der Waals surface area contributed by atoms with Crippen molar-refractivity contribution in [2.45, 2.75) is 26.7 Å². The molecule has 2 rings (SSSR count). The van der Waals surface area contributed by atoms with Gasteiger partial charge in [-0.05, 0) is 37.0 Å². The van der Waals surface area contributed by atoms with Gasteiger partial charge in [0.05, 0.1) is 5.56 Å². The molecule has 0 bridgehead atoms. The van der Waals surface area contributed by atoms with Crippen LogP contribution >= 0.6 is 0 Å². The number of rotatable bonds is 0. The van der Waals surface area contributed by atoms with Gasteiger partial charge >= 0.3 is 0 Å². The lowest BCUT2D eigenvalue weighted by Crippen LogP contribution is -1.95. The van der Waals surface area contributed by atoms with Gasteiger partial charge < -0.3 is 5.11 Å². The molecule has 13 heavy (non-hydrogen) atoms. The summed E-state index contributed by atoms with van der Waals surface area (Å²) in [7, 11) is 0. The maximum Gasteiger partial charge on any atom is 0.167 e. The highest BCUT2D eigenvalue weighted by Crippen LogP contribution is 2.34. The van der Waals surface area contributed by atoms with Crippen molar-refractivity contribution in [2.75, 3.05) is 0 Å². The molecule has 0 spiro atoms. The summed E-state index contributed by atoms with van der Waals surface area (Å²) in [6.07, 6.45) is 1.33. The molecule has 0 saturated carbocycles. The highest BCUT2D eigenvalue weighted by molar-refractivity contribution is 6.03. The maximum atomic E-state index is 11.4. The zero-order chi connectivity index (χ0) is 9.59. The lowest BCUT2D eigenvalue weighted by Gasteiger charge is -2.07. The number of fused-ring (bicyclic) bond motifs is 1. The smallest absolute Gasteiger partial charge is 0.167 e. The predicted octanol–water partition coefficient (Wildman–Crippen LogP) is 2.14. The Hall–Kier alpha value is -1.31. The van der Waals surface area contributed by atoms with Gasteiger partial charge in [0.1, 0.15) is 5.75 Å². The fraction of sp³-hybridized carbons (Fsp3) is 0.364. The number of Topliss-reactive ketones (excluding diaryl/α,β-unsaturated/α-hetero) is 1. The quantitative estimate of drug-likeness (QED) is 0.657. The number of hydrogen-bond acceptors (Lipinski definition) is 2. The average molecular weight is 176 g/mol. The number of carbonyl (C=O) groups excluding carboxylic acids is 1. The number of aryl methyl sites for hydroxylation is 2. The van der Waals surface area contributed by atoms with Crippen molar-refractivity contribution in [3.05, 3.63) is 28.3 Å². The molecule has 0 heterocycles. The molecule has 1 aliphatic carbocycles. The Kier molecular flexibility index (Phi) is 1.65. The number of carbonyl (C=O) groups is 1. The summed E-state index contributed by atoms with van der Waals surface area (Å²) in [6.45, 7) is 3.82. The van der Waals surface area contributed by atoms with Crippen LogP contribution in [0.3, 0.4) is 0 Å². The van der Waals surface area contributed by atoms with Gasteiger partial charge in [-0.25, -0.2) is 0 Å². The minimum atomic E-state index is 0.0827. The molecule has 0 radical (unpaired) electrons. The van der Waals surface area contributed by atoms with Gasteiger partial charge in [-0.2, -0.15) is 0 Å². The molecule has 0 unspecified atom stereocenters. The third kappa shape index (κ3) is 1.05. The van der Waals surface area contributed by atoms with Crippen molar-refractivity contribution in [3.8, 4) is 5.75 Å². The van der Waals surface area contributed by atoms with Gasteiger partial charge in [0.25, 0.3) is 0 Å². The third-order valence-corrected chi connectivity index (χ3v) is 2.70. The number of ketones is 1. The second-order valence-electron chi connectivity index (χ2n) is 3.64. The normalized spacial score (nSPS) is 14.8. The molecule has 1 N–H and O–H groups in total. The highest BCUT2D eigenvalue weighted by atomic mass is 16.3. The Labute approximate surface area is 77.2 Å². The third-order valence-electron chi connectivity index (χ3n) is 2.70. The Morgan fingerprint density at radius 2 is 1.92 bits per heavy atom. The van der Waals surface area contributed by atoms with Crippen molar-refractivity contribution in [1.29, 1.82) is 0 Å². The Morgan fingerprint density at radius 3 is 2.62 bits per heavy atom. The van der Waals surface area contributed by atoms with E-state index in [0.717, 1.165) is 23.1 Å². The molecule has 2 nitrogen and oxygen atoms in total. The van der Waals surface area contributed by atoms with Crippen LogP contribution in [0.1, 0.15) is 33.5 Å². The Morgan fingerprint density at radius 1 is 1.23 bits per heavy atom. The van der Waals surface area contributed by atoms with Gasteiger partial charge in [-0.15, -0.1) is 0 Å². The first kappa shape index (κ1) is 8.30. The molecule has 1 aliphatic rings. The fourth-order valence-corrected chi connectivity index (χ4v) is 2.00. The number of aromatic hydroxyl groups is 1. The molecule has 2 heteroatoms. The molecule has 0 aromatic heterocycles. The predicted molar refractivity (Wildman–Crippen MR) is 50.2 cm³/mol. The van der Waals surface area contributed by atoms with E-state index in [1.807, 2.05) is 19.9 Å². The molecule has 1 aromatic carbocycles. The molecular formula is C11H12O2. The van der Waals surface area contributed by atoms with Crippen LogP contribution in [0.25, 0.3) is 0 Å². The number of hydrogen-bond donors (Lipinski definition) is 1. The van der Waals surface area contributed by atoms with E-state index >= 15 is 0 Å². The summed E-state index contributed by atoms with van der Waals surface area (Å²) in [5, 5.41) is 9.69. The van der Waals surface area contributed by atoms with Crippen LogP contribution < -0.4 is 0 Å². The summed E-state index contributed by atoms with van der Waals surface area (Å²) in [6, 6.07) is 1.94. The van der Waals surface area contributed by atoms with Crippen LogP contribution in [-0.4, -0.2) is 10.9 Å². The molecular weight excluding hydrogens is 164 g/mol. The summed E-state index contributed by atoms with van der Waals surface area (Å²) in [5.41, 5.74) is 3.52. The first-order valence-corrected chi connectivity index (χ1v) is 4.46. The Bertz CT molecular complexity index is 392. The number of benzene rings is 1. The molecule has 0 amide bonds. The molecule has 0 aliphatic heterocycles. The molecule has 1 aromatic rings. The zero-order valence-electron chi connectivity index (χ0n) is 7.85. The van der Waals surface area contributed by atoms with Crippen molar-refractivity contribution in [3.63, 3.8) is 0 Å². The topological polar surface area (TPSA) is 37.3 Å². The number of phenolic OH excluding ortho intramolecular Hbond substituents is 1. The van der Waals surface area contributed by atoms with Gasteiger partial charge in [0.2, 0.25) is 0 Å². The number of phenols is 1. The zero-order valence-corrected chi connectivity index (χ0v) is 7.85. The van der Waals surface area contributed by atoms with Crippen molar-refractivity contribution in [2.24, 2.45) is 0 Å². The summed E-state index contributed by atoms with van der Waals surface area (Å²) >= 11 is 0. The van der Waals surface area contributed by atoms with Crippen molar-refractivity contribution < 1.29 is 9.90 Å². The average Bonchev–Trinajstić information content (AvgIpc) is 2.44. The van der Waals surface area contributed by atoms with E-state index in [0.29, 0.717) is 12.0 Å². The van der Waals surface area contributed by atoms with Crippen molar-refractivity contribution >= 4 is 5.78 Å². The maximum absolute atomic E-state index is 11.4. The van der Waals surface area contributed by atoms with E-state index in [9.17, 15) is 9.90 Å². The van der Waals surface area contributed by atoms with E-state index in [-0.39, 0.29) is 11.5 Å². The van der Waals surface area contributed by atoms with E-state index in [4.69, 9.17) is 0 Å². The van der Waals surface area contributed by atoms with Gasteiger partial charge in [-0.3, -0.25) is 4.79 Å². The van der Waals surface area contributed by atoms with Crippen LogP contribution in [0.5, 0.6) is 5.75 Å². The van der Waals surface area contributed by atoms with Crippen LogP contribution in [-0.2, 0) is 6.42 Å². The summed E-state index contributed by atoms with van der Waals surface area (Å²) in [5.74, 6) is 0.266. The fourth-order valence-electron chi connectivity index (χ4n) is 2.00. The van der Waals surface area contributed by atoms with Crippen LogP contribution in [0.4, 0.5) is 0 Å². The SMILES string of the molecule is Cc1cc(C)c2c(c1O)C(=O)CC2. The minimum Gasteiger partial charge on any atom is -0.507 e. The minimum absolute atomic E-state index is 0.0827. The molecule has 68 valence electrons. The second kappa shape index (κ2) is 2.59.